The van der Waals surface area contributed by atoms with Crippen molar-refractivity contribution in [2.75, 3.05) is 20.6 Å². The predicted molar refractivity (Wildman–Crippen MR) is 78.8 cm³/mol. The molecule has 0 bridgehead atoms. The summed E-state index contributed by atoms with van der Waals surface area (Å²) in [6.07, 6.45) is 0. The maximum atomic E-state index is 13.5. The SMILES string of the molecule is CN(C)C(CNCc1cccc(F)c1F)c1cccs1. The van der Waals surface area contributed by atoms with E-state index in [0.29, 0.717) is 18.7 Å². The fraction of sp³-hybridized carbons (Fsp3) is 0.333. The van der Waals surface area contributed by atoms with Crippen molar-refractivity contribution < 1.29 is 8.78 Å². The van der Waals surface area contributed by atoms with Gasteiger partial charge in [0.2, 0.25) is 0 Å². The summed E-state index contributed by atoms with van der Waals surface area (Å²) >= 11 is 1.70. The summed E-state index contributed by atoms with van der Waals surface area (Å²) in [7, 11) is 4.02. The Morgan fingerprint density at radius 1 is 1.20 bits per heavy atom. The Kier molecular flexibility index (Phi) is 5.23. The van der Waals surface area contributed by atoms with Crippen LogP contribution in [0.25, 0.3) is 0 Å². The van der Waals surface area contributed by atoms with E-state index in [4.69, 9.17) is 0 Å². The molecule has 2 nitrogen and oxygen atoms in total. The van der Waals surface area contributed by atoms with Crippen molar-refractivity contribution in [3.63, 3.8) is 0 Å². The Balaban J connectivity index is 1.96. The van der Waals surface area contributed by atoms with Crippen molar-refractivity contribution in [1.29, 1.82) is 0 Å². The second kappa shape index (κ2) is 6.92. The smallest absolute Gasteiger partial charge is 0.163 e. The number of benzene rings is 1. The predicted octanol–water partition coefficient (Wildman–Crippen LogP) is 3.42. The van der Waals surface area contributed by atoms with Crippen molar-refractivity contribution >= 4 is 11.3 Å². The lowest BCUT2D eigenvalue weighted by molar-refractivity contribution is 0.292. The number of rotatable bonds is 6. The van der Waals surface area contributed by atoms with Gasteiger partial charge in [-0.3, -0.25) is 0 Å². The monoisotopic (exact) mass is 296 g/mol. The molecule has 1 heterocycles. The first-order chi connectivity index (χ1) is 9.59. The number of thiophene rings is 1. The van der Waals surface area contributed by atoms with Crippen LogP contribution >= 0.6 is 11.3 Å². The van der Waals surface area contributed by atoms with E-state index in [1.54, 1.807) is 17.4 Å². The normalized spacial score (nSPS) is 12.8. The maximum absolute atomic E-state index is 13.5. The number of likely N-dealkylation sites (N-methyl/N-ethyl adjacent to an activating group) is 1. The van der Waals surface area contributed by atoms with Crippen molar-refractivity contribution in [2.45, 2.75) is 12.6 Å². The van der Waals surface area contributed by atoms with Crippen LogP contribution in [0.15, 0.2) is 35.7 Å². The van der Waals surface area contributed by atoms with Crippen LogP contribution in [-0.2, 0) is 6.54 Å². The minimum absolute atomic E-state index is 0.228. The van der Waals surface area contributed by atoms with Gasteiger partial charge in [-0.15, -0.1) is 11.3 Å². The molecule has 0 spiro atoms. The summed E-state index contributed by atoms with van der Waals surface area (Å²) in [5.74, 6) is -1.57. The van der Waals surface area contributed by atoms with Crippen LogP contribution in [0.2, 0.25) is 0 Å². The molecule has 0 fully saturated rings. The van der Waals surface area contributed by atoms with Gasteiger partial charge in [0, 0.05) is 23.5 Å². The molecular formula is C15H18F2N2S. The molecule has 0 aliphatic rings. The molecule has 0 radical (unpaired) electrons. The Labute approximate surface area is 122 Å². The van der Waals surface area contributed by atoms with E-state index in [9.17, 15) is 8.78 Å². The molecule has 1 aromatic heterocycles. The zero-order valence-electron chi connectivity index (χ0n) is 11.6. The highest BCUT2D eigenvalue weighted by Crippen LogP contribution is 2.22. The summed E-state index contributed by atoms with van der Waals surface area (Å²) in [5.41, 5.74) is 0.355. The average Bonchev–Trinajstić information content (AvgIpc) is 2.92. The third-order valence-electron chi connectivity index (χ3n) is 3.18. The highest BCUT2D eigenvalue weighted by atomic mass is 32.1. The Bertz CT molecular complexity index is 541. The zero-order chi connectivity index (χ0) is 14.5. The second-order valence-electron chi connectivity index (χ2n) is 4.84. The van der Waals surface area contributed by atoms with Gasteiger partial charge in [0.05, 0.1) is 6.04 Å². The van der Waals surface area contributed by atoms with Gasteiger partial charge in [-0.2, -0.15) is 0 Å². The number of hydrogen-bond donors (Lipinski definition) is 1. The van der Waals surface area contributed by atoms with Gasteiger partial charge in [-0.05, 0) is 31.6 Å². The van der Waals surface area contributed by atoms with Crippen molar-refractivity contribution in [1.82, 2.24) is 10.2 Å². The van der Waals surface area contributed by atoms with Crippen molar-refractivity contribution in [2.24, 2.45) is 0 Å². The minimum atomic E-state index is -0.799. The van der Waals surface area contributed by atoms with Gasteiger partial charge < -0.3 is 10.2 Å². The molecular weight excluding hydrogens is 278 g/mol. The number of nitrogens with zero attached hydrogens (tertiary/aromatic N) is 1. The van der Waals surface area contributed by atoms with Crippen LogP contribution in [-0.4, -0.2) is 25.5 Å². The van der Waals surface area contributed by atoms with Gasteiger partial charge in [0.15, 0.2) is 11.6 Å². The van der Waals surface area contributed by atoms with Crippen molar-refractivity contribution in [3.05, 3.63) is 57.8 Å². The van der Waals surface area contributed by atoms with Gasteiger partial charge in [0.1, 0.15) is 0 Å². The fourth-order valence-electron chi connectivity index (χ4n) is 2.05. The van der Waals surface area contributed by atoms with E-state index >= 15 is 0 Å². The second-order valence-corrected chi connectivity index (χ2v) is 5.82. The average molecular weight is 296 g/mol. The van der Waals surface area contributed by atoms with E-state index in [2.05, 4.69) is 16.3 Å². The molecule has 108 valence electrons. The molecule has 1 N–H and O–H groups in total. The molecule has 20 heavy (non-hydrogen) atoms. The molecule has 0 aliphatic heterocycles. The lowest BCUT2D eigenvalue weighted by atomic mass is 10.2. The first-order valence-electron chi connectivity index (χ1n) is 6.43. The standard InChI is InChI=1S/C15H18F2N2S/c1-19(2)13(14-7-4-8-20-14)10-18-9-11-5-3-6-12(16)15(11)17/h3-8,13,18H,9-10H2,1-2H3. The van der Waals surface area contributed by atoms with Crippen LogP contribution < -0.4 is 5.32 Å². The van der Waals surface area contributed by atoms with E-state index in [0.717, 1.165) is 6.07 Å². The summed E-state index contributed by atoms with van der Waals surface area (Å²) < 4.78 is 26.6. The molecule has 2 rings (SSSR count). The molecule has 2 aromatic rings. The lowest BCUT2D eigenvalue weighted by Gasteiger charge is -2.23. The molecule has 1 unspecified atom stereocenters. The zero-order valence-corrected chi connectivity index (χ0v) is 12.4. The molecule has 0 amide bonds. The number of halogens is 2. The minimum Gasteiger partial charge on any atom is -0.311 e. The topological polar surface area (TPSA) is 15.3 Å². The third kappa shape index (κ3) is 3.62. The largest absolute Gasteiger partial charge is 0.311 e. The third-order valence-corrected chi connectivity index (χ3v) is 4.15. The van der Waals surface area contributed by atoms with Crippen LogP contribution in [0.1, 0.15) is 16.5 Å². The Morgan fingerprint density at radius 2 is 2.00 bits per heavy atom. The van der Waals surface area contributed by atoms with Gasteiger partial charge in [0.25, 0.3) is 0 Å². The van der Waals surface area contributed by atoms with Crippen LogP contribution in [0.5, 0.6) is 0 Å². The highest BCUT2D eigenvalue weighted by molar-refractivity contribution is 7.10. The summed E-state index contributed by atoms with van der Waals surface area (Å²) in [5, 5.41) is 5.24. The molecule has 1 atom stereocenters. The number of hydrogen-bond acceptors (Lipinski definition) is 3. The Morgan fingerprint density at radius 3 is 2.65 bits per heavy atom. The fourth-order valence-corrected chi connectivity index (χ4v) is 2.97. The van der Waals surface area contributed by atoms with E-state index < -0.39 is 11.6 Å². The number of nitrogens with one attached hydrogen (secondary N) is 1. The first-order valence-corrected chi connectivity index (χ1v) is 7.31. The Hall–Kier alpha value is -1.30. The van der Waals surface area contributed by atoms with Gasteiger partial charge in [-0.1, -0.05) is 18.2 Å². The highest BCUT2D eigenvalue weighted by Gasteiger charge is 2.15. The maximum Gasteiger partial charge on any atom is 0.163 e. The van der Waals surface area contributed by atoms with E-state index in [1.807, 2.05) is 25.5 Å². The quantitative estimate of drug-likeness (QED) is 0.878. The van der Waals surface area contributed by atoms with Gasteiger partial charge >= 0.3 is 0 Å². The van der Waals surface area contributed by atoms with Crippen LogP contribution in [0.4, 0.5) is 8.78 Å². The summed E-state index contributed by atoms with van der Waals surface area (Å²) in [4.78, 5) is 3.36. The first kappa shape index (κ1) is 15.1. The summed E-state index contributed by atoms with van der Waals surface area (Å²) in [6, 6.07) is 8.58. The molecule has 0 saturated carbocycles. The van der Waals surface area contributed by atoms with Crippen LogP contribution in [0.3, 0.4) is 0 Å². The lowest BCUT2D eigenvalue weighted by Crippen LogP contribution is -2.30. The van der Waals surface area contributed by atoms with E-state index in [1.165, 1.54) is 10.9 Å². The molecule has 0 saturated heterocycles. The molecule has 5 heteroatoms. The van der Waals surface area contributed by atoms with Crippen LogP contribution in [0, 0.1) is 11.6 Å². The van der Waals surface area contributed by atoms with E-state index in [-0.39, 0.29) is 6.04 Å². The molecule has 1 aromatic carbocycles. The van der Waals surface area contributed by atoms with Gasteiger partial charge in [-0.25, -0.2) is 8.78 Å². The molecule has 0 aliphatic carbocycles. The summed E-state index contributed by atoms with van der Waals surface area (Å²) in [6.45, 7) is 1.00. The van der Waals surface area contributed by atoms with Crippen molar-refractivity contribution in [3.8, 4) is 0 Å².